The second-order valence-corrected chi connectivity index (χ2v) is 8.11. The first-order valence-electron chi connectivity index (χ1n) is 9.93. The monoisotopic (exact) mass is 418 g/mol. The van der Waals surface area contributed by atoms with E-state index in [1.165, 1.54) is 17.0 Å². The van der Waals surface area contributed by atoms with Crippen molar-refractivity contribution < 1.29 is 18.7 Å². The lowest BCUT2D eigenvalue weighted by molar-refractivity contribution is -0.141. The normalized spacial score (nSPS) is 15.8. The third kappa shape index (κ3) is 5.03. The summed E-state index contributed by atoms with van der Waals surface area (Å²) in [6.07, 6.45) is 1.84. The van der Waals surface area contributed by atoms with E-state index in [4.69, 9.17) is 4.74 Å². The Morgan fingerprint density at radius 1 is 1.28 bits per heavy atom. The highest BCUT2D eigenvalue weighted by atomic mass is 32.1. The Kier molecular flexibility index (Phi) is 7.39. The van der Waals surface area contributed by atoms with Crippen LogP contribution in [0.2, 0.25) is 0 Å². The first kappa shape index (κ1) is 21.5. The number of ether oxygens (including phenoxy) is 1. The van der Waals surface area contributed by atoms with Crippen LogP contribution >= 0.6 is 11.3 Å². The summed E-state index contributed by atoms with van der Waals surface area (Å²) < 4.78 is 18.5. The number of methoxy groups -OCH3 is 1. The van der Waals surface area contributed by atoms with Gasteiger partial charge in [0.25, 0.3) is 0 Å². The maximum atomic E-state index is 13.5. The highest BCUT2D eigenvalue weighted by Gasteiger charge is 2.33. The van der Waals surface area contributed by atoms with Crippen LogP contribution in [0.4, 0.5) is 4.39 Å². The maximum absolute atomic E-state index is 13.5. The Hall–Kier alpha value is -2.25. The summed E-state index contributed by atoms with van der Waals surface area (Å²) in [5, 5.41) is 2.03. The lowest BCUT2D eigenvalue weighted by Gasteiger charge is -2.37. The molecular weight excluding hydrogens is 391 g/mol. The van der Waals surface area contributed by atoms with Gasteiger partial charge in [0.1, 0.15) is 5.82 Å². The van der Waals surface area contributed by atoms with Crippen molar-refractivity contribution in [3.63, 3.8) is 0 Å². The molecule has 29 heavy (non-hydrogen) atoms. The number of carbonyl (C=O) groups is 2. The maximum Gasteiger partial charge on any atom is 0.242 e. The van der Waals surface area contributed by atoms with E-state index >= 15 is 0 Å². The molecule has 2 amide bonds. The SMILES string of the molecule is CCC(=O)N(CCCOC)CC(=O)N1CCc2sccc2C1c1ccc(F)cc1. The number of rotatable bonds is 8. The average Bonchev–Trinajstić information content (AvgIpc) is 3.21. The van der Waals surface area contributed by atoms with Gasteiger partial charge in [-0.05, 0) is 47.5 Å². The summed E-state index contributed by atoms with van der Waals surface area (Å²) in [7, 11) is 1.62. The van der Waals surface area contributed by atoms with Crippen molar-refractivity contribution in [2.24, 2.45) is 0 Å². The molecule has 156 valence electrons. The van der Waals surface area contributed by atoms with Crippen LogP contribution in [0.15, 0.2) is 35.7 Å². The summed E-state index contributed by atoms with van der Waals surface area (Å²) in [4.78, 5) is 30.3. The van der Waals surface area contributed by atoms with Gasteiger partial charge in [0.15, 0.2) is 0 Å². The van der Waals surface area contributed by atoms with E-state index in [-0.39, 0.29) is 30.2 Å². The molecule has 2 aromatic rings. The molecule has 2 heterocycles. The van der Waals surface area contributed by atoms with Crippen molar-refractivity contribution in [2.75, 3.05) is 33.4 Å². The molecule has 3 rings (SSSR count). The lowest BCUT2D eigenvalue weighted by atomic mass is 9.93. The number of amides is 2. The molecule has 5 nitrogen and oxygen atoms in total. The fourth-order valence-electron chi connectivity index (χ4n) is 3.76. The largest absolute Gasteiger partial charge is 0.385 e. The van der Waals surface area contributed by atoms with E-state index in [1.54, 1.807) is 42.4 Å². The zero-order valence-electron chi connectivity index (χ0n) is 16.9. The van der Waals surface area contributed by atoms with Crippen LogP contribution in [-0.4, -0.2) is 55.0 Å². The van der Waals surface area contributed by atoms with E-state index in [2.05, 4.69) is 0 Å². The Labute approximate surface area is 175 Å². The number of carbonyl (C=O) groups excluding carboxylic acids is 2. The van der Waals surface area contributed by atoms with Crippen LogP contribution in [-0.2, 0) is 20.7 Å². The predicted molar refractivity (Wildman–Crippen MR) is 111 cm³/mol. The molecule has 1 aliphatic heterocycles. The molecule has 0 saturated carbocycles. The van der Waals surface area contributed by atoms with E-state index in [0.717, 1.165) is 17.5 Å². The van der Waals surface area contributed by atoms with Gasteiger partial charge in [-0.1, -0.05) is 19.1 Å². The molecular formula is C22H27FN2O3S. The second kappa shape index (κ2) is 9.98. The molecule has 1 aromatic heterocycles. The summed E-state index contributed by atoms with van der Waals surface area (Å²) in [6.45, 7) is 3.47. The Morgan fingerprint density at radius 2 is 2.03 bits per heavy atom. The van der Waals surface area contributed by atoms with Crippen molar-refractivity contribution in [3.8, 4) is 0 Å². The number of hydrogen-bond acceptors (Lipinski definition) is 4. The Balaban J connectivity index is 1.83. The minimum Gasteiger partial charge on any atom is -0.385 e. The molecule has 0 aliphatic carbocycles. The summed E-state index contributed by atoms with van der Waals surface area (Å²) in [5.41, 5.74) is 1.97. The van der Waals surface area contributed by atoms with Crippen molar-refractivity contribution in [2.45, 2.75) is 32.2 Å². The summed E-state index contributed by atoms with van der Waals surface area (Å²) >= 11 is 1.69. The molecule has 0 spiro atoms. The molecule has 0 saturated heterocycles. The van der Waals surface area contributed by atoms with Gasteiger partial charge in [-0.2, -0.15) is 0 Å². The topological polar surface area (TPSA) is 49.9 Å². The van der Waals surface area contributed by atoms with Crippen molar-refractivity contribution >= 4 is 23.2 Å². The van der Waals surface area contributed by atoms with E-state index in [9.17, 15) is 14.0 Å². The van der Waals surface area contributed by atoms with Gasteiger partial charge in [-0.3, -0.25) is 9.59 Å². The fraction of sp³-hybridized carbons (Fsp3) is 0.455. The van der Waals surface area contributed by atoms with Gasteiger partial charge in [-0.15, -0.1) is 11.3 Å². The first-order valence-corrected chi connectivity index (χ1v) is 10.8. The third-order valence-electron chi connectivity index (χ3n) is 5.23. The minimum absolute atomic E-state index is 0.0407. The molecule has 0 bridgehead atoms. The number of thiophene rings is 1. The number of fused-ring (bicyclic) bond motifs is 1. The van der Waals surface area contributed by atoms with Gasteiger partial charge >= 0.3 is 0 Å². The average molecular weight is 419 g/mol. The molecule has 0 fully saturated rings. The van der Waals surface area contributed by atoms with Gasteiger partial charge in [0, 0.05) is 38.1 Å². The highest BCUT2D eigenvalue weighted by molar-refractivity contribution is 7.10. The minimum atomic E-state index is -0.300. The van der Waals surface area contributed by atoms with Gasteiger partial charge in [0.2, 0.25) is 11.8 Å². The van der Waals surface area contributed by atoms with Gasteiger partial charge in [-0.25, -0.2) is 4.39 Å². The predicted octanol–water partition coefficient (Wildman–Crippen LogP) is 3.64. The van der Waals surface area contributed by atoms with E-state index < -0.39 is 0 Å². The molecule has 0 N–H and O–H groups in total. The van der Waals surface area contributed by atoms with Crippen LogP contribution < -0.4 is 0 Å². The number of hydrogen-bond donors (Lipinski definition) is 0. The summed E-state index contributed by atoms with van der Waals surface area (Å²) in [6, 6.07) is 8.12. The number of benzene rings is 1. The molecule has 1 unspecified atom stereocenters. The van der Waals surface area contributed by atoms with Crippen LogP contribution in [0, 0.1) is 5.82 Å². The van der Waals surface area contributed by atoms with Crippen molar-refractivity contribution in [1.82, 2.24) is 9.80 Å². The summed E-state index contributed by atoms with van der Waals surface area (Å²) in [5.74, 6) is -0.428. The Morgan fingerprint density at radius 3 is 2.72 bits per heavy atom. The first-order chi connectivity index (χ1) is 14.0. The zero-order valence-corrected chi connectivity index (χ0v) is 17.7. The third-order valence-corrected chi connectivity index (χ3v) is 6.23. The number of halogens is 1. The van der Waals surface area contributed by atoms with Crippen LogP contribution in [0.3, 0.4) is 0 Å². The quantitative estimate of drug-likeness (QED) is 0.615. The molecule has 0 radical (unpaired) electrons. The van der Waals surface area contributed by atoms with Crippen molar-refractivity contribution in [3.05, 3.63) is 57.5 Å². The Bertz CT molecular complexity index is 837. The molecule has 1 aliphatic rings. The highest BCUT2D eigenvalue weighted by Crippen LogP contribution is 2.37. The van der Waals surface area contributed by atoms with Crippen LogP contribution in [0.25, 0.3) is 0 Å². The second-order valence-electron chi connectivity index (χ2n) is 7.11. The van der Waals surface area contributed by atoms with Crippen LogP contribution in [0.5, 0.6) is 0 Å². The molecule has 1 aromatic carbocycles. The molecule has 1 atom stereocenters. The standard InChI is InChI=1S/C22H27FN2O3S/c1-3-20(26)24(11-4-13-28-2)15-21(27)25-12-9-19-18(10-14-29-19)22(25)16-5-7-17(23)8-6-16/h5-8,10,14,22H,3-4,9,11-13,15H2,1-2H3. The smallest absolute Gasteiger partial charge is 0.242 e. The molecule has 7 heteroatoms. The van der Waals surface area contributed by atoms with E-state index in [0.29, 0.717) is 32.5 Å². The van der Waals surface area contributed by atoms with Crippen LogP contribution in [0.1, 0.15) is 41.8 Å². The zero-order chi connectivity index (χ0) is 20.8. The number of nitrogens with zero attached hydrogens (tertiary/aromatic N) is 2. The van der Waals surface area contributed by atoms with Gasteiger partial charge < -0.3 is 14.5 Å². The van der Waals surface area contributed by atoms with Gasteiger partial charge in [0.05, 0.1) is 12.6 Å². The lowest BCUT2D eigenvalue weighted by Crippen LogP contribution is -2.47. The fourth-order valence-corrected chi connectivity index (χ4v) is 4.66. The van der Waals surface area contributed by atoms with Crippen molar-refractivity contribution in [1.29, 1.82) is 0 Å². The van der Waals surface area contributed by atoms with E-state index in [1.807, 2.05) is 16.3 Å².